The quantitative estimate of drug-likeness (QED) is 0.847. The van der Waals surface area contributed by atoms with Gasteiger partial charge in [0.2, 0.25) is 0 Å². The second-order valence-corrected chi connectivity index (χ2v) is 5.39. The number of fused-ring (bicyclic) bond motifs is 1. The third kappa shape index (κ3) is 2.42. The van der Waals surface area contributed by atoms with E-state index in [1.807, 2.05) is 0 Å². The summed E-state index contributed by atoms with van der Waals surface area (Å²) in [6, 6.07) is 2.20. The normalized spacial score (nSPS) is 19.7. The Morgan fingerprint density at radius 1 is 1.41 bits per heavy atom. The summed E-state index contributed by atoms with van der Waals surface area (Å²) in [5.74, 6) is 0.768. The molecule has 1 aromatic heterocycles. The van der Waals surface area contributed by atoms with Crippen LogP contribution in [0.5, 0.6) is 0 Å². The van der Waals surface area contributed by atoms with E-state index in [4.69, 9.17) is 0 Å². The van der Waals surface area contributed by atoms with Crippen molar-refractivity contribution in [3.63, 3.8) is 0 Å². The molecule has 1 aromatic rings. The predicted molar refractivity (Wildman–Crippen MR) is 71.1 cm³/mol. The average Bonchev–Trinajstić information content (AvgIpc) is 2.64. The van der Waals surface area contributed by atoms with Gasteiger partial charge in [-0.05, 0) is 38.2 Å². The second-order valence-electron chi connectivity index (χ2n) is 5.39. The fraction of sp³-hybridized carbons (Fsp3) is 0.733. The van der Waals surface area contributed by atoms with Gasteiger partial charge in [-0.1, -0.05) is 26.7 Å². The lowest BCUT2D eigenvalue weighted by Gasteiger charge is -2.22. The van der Waals surface area contributed by atoms with Crippen LogP contribution in [0, 0.1) is 12.8 Å². The highest BCUT2D eigenvalue weighted by molar-refractivity contribution is 5.31. The van der Waals surface area contributed by atoms with Crippen molar-refractivity contribution < 1.29 is 5.11 Å². The molecule has 1 heterocycles. The predicted octanol–water partition coefficient (Wildman–Crippen LogP) is 3.60. The molecular formula is C15H25NO. The summed E-state index contributed by atoms with van der Waals surface area (Å²) in [5.41, 5.74) is 3.91. The summed E-state index contributed by atoms with van der Waals surface area (Å²) < 4.78 is 2.45. The average molecular weight is 235 g/mol. The van der Waals surface area contributed by atoms with Crippen LogP contribution in [0.15, 0.2) is 6.07 Å². The van der Waals surface area contributed by atoms with E-state index >= 15 is 0 Å². The van der Waals surface area contributed by atoms with Gasteiger partial charge in [-0.3, -0.25) is 0 Å². The number of aliphatic hydroxyl groups is 1. The van der Waals surface area contributed by atoms with E-state index in [2.05, 4.69) is 31.4 Å². The zero-order valence-electron chi connectivity index (χ0n) is 11.4. The molecule has 0 aliphatic heterocycles. The van der Waals surface area contributed by atoms with Crippen molar-refractivity contribution in [1.29, 1.82) is 0 Å². The zero-order chi connectivity index (χ0) is 12.4. The zero-order valence-corrected chi connectivity index (χ0v) is 11.4. The van der Waals surface area contributed by atoms with Gasteiger partial charge in [-0.25, -0.2) is 0 Å². The van der Waals surface area contributed by atoms with Crippen LogP contribution in [0.1, 0.15) is 62.6 Å². The topological polar surface area (TPSA) is 25.2 Å². The Labute approximate surface area is 105 Å². The van der Waals surface area contributed by atoms with Crippen LogP contribution < -0.4 is 0 Å². The molecule has 0 aromatic carbocycles. The molecule has 1 unspecified atom stereocenters. The Morgan fingerprint density at radius 3 is 2.76 bits per heavy atom. The van der Waals surface area contributed by atoms with Gasteiger partial charge in [0.15, 0.2) is 0 Å². The van der Waals surface area contributed by atoms with Gasteiger partial charge in [0.25, 0.3) is 0 Å². The Morgan fingerprint density at radius 2 is 2.12 bits per heavy atom. The molecule has 0 spiro atoms. The molecule has 2 rings (SSSR count). The number of rotatable bonds is 4. The van der Waals surface area contributed by atoms with Crippen molar-refractivity contribution in [3.8, 4) is 0 Å². The molecule has 1 atom stereocenters. The first kappa shape index (κ1) is 12.7. The number of aryl methyl sites for hydroxylation is 1. The molecule has 0 saturated heterocycles. The molecule has 0 radical (unpaired) electrons. The van der Waals surface area contributed by atoms with E-state index in [-0.39, 0.29) is 6.10 Å². The highest BCUT2D eigenvalue weighted by Gasteiger charge is 2.23. The van der Waals surface area contributed by atoms with E-state index in [1.165, 1.54) is 29.8 Å². The largest absolute Gasteiger partial charge is 0.388 e. The highest BCUT2D eigenvalue weighted by Crippen LogP contribution is 2.32. The molecule has 2 nitrogen and oxygen atoms in total. The van der Waals surface area contributed by atoms with E-state index < -0.39 is 0 Å². The summed E-state index contributed by atoms with van der Waals surface area (Å²) in [5, 5.41) is 10.0. The number of hydrogen-bond acceptors (Lipinski definition) is 1. The van der Waals surface area contributed by atoms with Crippen LogP contribution in [0.25, 0.3) is 0 Å². The maximum atomic E-state index is 10.0. The van der Waals surface area contributed by atoms with Crippen LogP contribution in [0.2, 0.25) is 0 Å². The third-order valence-electron chi connectivity index (χ3n) is 4.29. The van der Waals surface area contributed by atoms with Gasteiger partial charge in [0.1, 0.15) is 0 Å². The monoisotopic (exact) mass is 235 g/mol. The van der Waals surface area contributed by atoms with Crippen molar-refractivity contribution in [1.82, 2.24) is 4.57 Å². The summed E-state index contributed by atoms with van der Waals surface area (Å²) in [7, 11) is 0. The molecule has 1 aliphatic carbocycles. The van der Waals surface area contributed by atoms with Crippen LogP contribution >= 0.6 is 0 Å². The molecule has 0 bridgehead atoms. The first-order valence-corrected chi connectivity index (χ1v) is 7.04. The second kappa shape index (κ2) is 5.26. The van der Waals surface area contributed by atoms with Crippen LogP contribution in [-0.2, 0) is 13.0 Å². The smallest absolute Gasteiger partial charge is 0.0807 e. The van der Waals surface area contributed by atoms with E-state index in [1.54, 1.807) is 0 Å². The fourth-order valence-electron chi connectivity index (χ4n) is 3.00. The summed E-state index contributed by atoms with van der Waals surface area (Å²) in [6.45, 7) is 7.84. The Kier molecular flexibility index (Phi) is 3.93. The Bertz CT molecular complexity index is 377. The number of hydrogen-bond donors (Lipinski definition) is 1. The molecule has 17 heavy (non-hydrogen) atoms. The minimum atomic E-state index is -0.222. The molecule has 0 amide bonds. The molecular weight excluding hydrogens is 210 g/mol. The van der Waals surface area contributed by atoms with Crippen molar-refractivity contribution >= 4 is 0 Å². The van der Waals surface area contributed by atoms with Gasteiger partial charge in [0, 0.05) is 23.5 Å². The first-order chi connectivity index (χ1) is 8.17. The molecule has 2 heteroatoms. The Balaban J connectivity index is 2.28. The van der Waals surface area contributed by atoms with E-state index in [0.717, 1.165) is 31.7 Å². The first-order valence-electron chi connectivity index (χ1n) is 7.04. The Hall–Kier alpha value is -0.760. The maximum Gasteiger partial charge on any atom is 0.0807 e. The minimum absolute atomic E-state index is 0.222. The van der Waals surface area contributed by atoms with Crippen molar-refractivity contribution in [2.45, 2.75) is 65.5 Å². The summed E-state index contributed by atoms with van der Waals surface area (Å²) in [6.07, 6.45) is 5.46. The van der Waals surface area contributed by atoms with Crippen LogP contribution in [0.4, 0.5) is 0 Å². The van der Waals surface area contributed by atoms with Crippen LogP contribution in [0.3, 0.4) is 0 Å². The molecule has 1 aliphatic rings. The molecule has 1 N–H and O–H groups in total. The maximum absolute atomic E-state index is 10.0. The van der Waals surface area contributed by atoms with E-state index in [9.17, 15) is 5.11 Å². The number of aliphatic hydroxyl groups excluding tert-OH is 1. The number of nitrogens with zero attached hydrogens (tertiary/aromatic N) is 1. The number of aromatic nitrogens is 1. The standard InChI is InChI=1S/C15H25NO/c1-4-12(5-2)10-16-11(3)9-13-14(16)7-6-8-15(13)17/h9,12,15,17H,4-8,10H2,1-3H3. The van der Waals surface area contributed by atoms with Gasteiger partial charge in [-0.2, -0.15) is 0 Å². The van der Waals surface area contributed by atoms with Crippen molar-refractivity contribution in [2.24, 2.45) is 5.92 Å². The minimum Gasteiger partial charge on any atom is -0.388 e. The molecule has 0 fully saturated rings. The fourth-order valence-corrected chi connectivity index (χ4v) is 3.00. The van der Waals surface area contributed by atoms with E-state index in [0.29, 0.717) is 0 Å². The van der Waals surface area contributed by atoms with Crippen molar-refractivity contribution in [3.05, 3.63) is 23.0 Å². The lowest BCUT2D eigenvalue weighted by atomic mass is 9.95. The molecule has 96 valence electrons. The van der Waals surface area contributed by atoms with Gasteiger partial charge < -0.3 is 9.67 Å². The third-order valence-corrected chi connectivity index (χ3v) is 4.29. The van der Waals surface area contributed by atoms with Crippen molar-refractivity contribution in [2.75, 3.05) is 0 Å². The van der Waals surface area contributed by atoms with Crippen LogP contribution in [-0.4, -0.2) is 9.67 Å². The summed E-state index contributed by atoms with van der Waals surface area (Å²) in [4.78, 5) is 0. The van der Waals surface area contributed by atoms with Gasteiger partial charge >= 0.3 is 0 Å². The lowest BCUT2D eigenvalue weighted by Crippen LogP contribution is -2.16. The summed E-state index contributed by atoms with van der Waals surface area (Å²) >= 11 is 0. The SMILES string of the molecule is CCC(CC)Cn1c(C)cc2c1CCCC2O. The van der Waals surface area contributed by atoms with Gasteiger partial charge in [-0.15, -0.1) is 0 Å². The molecule has 0 saturated carbocycles. The lowest BCUT2D eigenvalue weighted by molar-refractivity contribution is 0.155. The van der Waals surface area contributed by atoms with Gasteiger partial charge in [0.05, 0.1) is 6.10 Å². The highest BCUT2D eigenvalue weighted by atomic mass is 16.3.